The van der Waals surface area contributed by atoms with Crippen LogP contribution in [0.15, 0.2) is 47.4 Å². The Hall–Kier alpha value is -2.01. The van der Waals surface area contributed by atoms with E-state index in [0.717, 1.165) is 36.0 Å². The summed E-state index contributed by atoms with van der Waals surface area (Å²) in [5.74, 6) is 0.0896. The van der Waals surface area contributed by atoms with Crippen LogP contribution in [-0.4, -0.2) is 17.6 Å². The number of hydrogen-bond donors (Lipinski definition) is 2. The lowest BCUT2D eigenvalue weighted by molar-refractivity contribution is -0.131. The first-order valence-corrected chi connectivity index (χ1v) is 9.41. The minimum Gasteiger partial charge on any atom is -0.273 e. The molecule has 0 saturated heterocycles. The summed E-state index contributed by atoms with van der Waals surface area (Å²) in [6, 6.07) is 14.3. The van der Waals surface area contributed by atoms with Crippen molar-refractivity contribution in [3.05, 3.63) is 42.5 Å². The summed E-state index contributed by atoms with van der Waals surface area (Å²) in [6.07, 6.45) is 5.26. The maximum atomic E-state index is 12.0. The molecule has 2 aromatic rings. The number of hydrogen-bond acceptors (Lipinski definition) is 3. The molecular formula is C19H22N2O2S. The molecule has 3 rings (SSSR count). The normalized spacial score (nSPS) is 15.2. The molecule has 0 spiro atoms. The van der Waals surface area contributed by atoms with Crippen LogP contribution in [0.3, 0.4) is 0 Å². The second kappa shape index (κ2) is 8.20. The Morgan fingerprint density at radius 3 is 2.50 bits per heavy atom. The average Bonchev–Trinajstić information content (AvgIpc) is 2.65. The highest BCUT2D eigenvalue weighted by atomic mass is 32.2. The van der Waals surface area contributed by atoms with Gasteiger partial charge in [-0.05, 0) is 35.7 Å². The Labute approximate surface area is 146 Å². The van der Waals surface area contributed by atoms with Crippen LogP contribution in [0.2, 0.25) is 0 Å². The van der Waals surface area contributed by atoms with Gasteiger partial charge in [0.05, 0.1) is 5.75 Å². The number of rotatable bonds is 4. The molecule has 126 valence electrons. The largest absolute Gasteiger partial charge is 0.273 e. The van der Waals surface area contributed by atoms with Crippen molar-refractivity contribution in [2.75, 3.05) is 5.75 Å². The smallest absolute Gasteiger partial charge is 0.248 e. The molecule has 0 unspecified atom stereocenters. The van der Waals surface area contributed by atoms with E-state index in [4.69, 9.17) is 0 Å². The summed E-state index contributed by atoms with van der Waals surface area (Å²) >= 11 is 1.47. The predicted octanol–water partition coefficient (Wildman–Crippen LogP) is 3.66. The molecule has 0 aliphatic heterocycles. The van der Waals surface area contributed by atoms with Gasteiger partial charge in [0.15, 0.2) is 0 Å². The van der Waals surface area contributed by atoms with Gasteiger partial charge >= 0.3 is 0 Å². The van der Waals surface area contributed by atoms with Crippen LogP contribution in [0.1, 0.15) is 32.1 Å². The van der Waals surface area contributed by atoms with Crippen LogP contribution < -0.4 is 10.9 Å². The maximum absolute atomic E-state index is 12.0. The van der Waals surface area contributed by atoms with E-state index in [1.54, 1.807) is 0 Å². The molecular weight excluding hydrogens is 320 g/mol. The van der Waals surface area contributed by atoms with Crippen molar-refractivity contribution >= 4 is 34.3 Å². The number of carbonyl (C=O) groups is 2. The van der Waals surface area contributed by atoms with Gasteiger partial charge in [0.25, 0.3) is 0 Å². The third-order valence-corrected chi connectivity index (χ3v) is 5.39. The molecule has 4 nitrogen and oxygen atoms in total. The zero-order valence-corrected chi connectivity index (χ0v) is 14.4. The zero-order valence-electron chi connectivity index (χ0n) is 13.6. The molecule has 1 saturated carbocycles. The Balaban J connectivity index is 1.45. The number of nitrogens with one attached hydrogen (secondary N) is 2. The first-order valence-electron chi connectivity index (χ1n) is 8.43. The van der Waals surface area contributed by atoms with Crippen LogP contribution in [0.5, 0.6) is 0 Å². The summed E-state index contributed by atoms with van der Waals surface area (Å²) in [5, 5.41) is 2.35. The number of thioether (sulfide) groups is 1. The van der Waals surface area contributed by atoms with E-state index >= 15 is 0 Å². The van der Waals surface area contributed by atoms with E-state index in [2.05, 4.69) is 35.1 Å². The minimum absolute atomic E-state index is 0.0483. The Bertz CT molecular complexity index is 726. The first-order chi connectivity index (χ1) is 11.7. The van der Waals surface area contributed by atoms with E-state index in [1.807, 2.05) is 18.2 Å². The fraction of sp³-hybridized carbons (Fsp3) is 0.368. The van der Waals surface area contributed by atoms with Gasteiger partial charge in [-0.1, -0.05) is 49.6 Å². The summed E-state index contributed by atoms with van der Waals surface area (Å²) < 4.78 is 0. The van der Waals surface area contributed by atoms with Gasteiger partial charge < -0.3 is 0 Å². The standard InChI is InChI=1S/C19H22N2O2S/c22-18(20-21-19(23)15-7-2-1-3-8-15)13-24-17-11-10-14-6-4-5-9-16(14)12-17/h4-6,9-12,15H,1-3,7-8,13H2,(H,20,22)(H,21,23). The lowest BCUT2D eigenvalue weighted by Crippen LogP contribution is -2.45. The highest BCUT2D eigenvalue weighted by molar-refractivity contribution is 8.00. The second-order valence-electron chi connectivity index (χ2n) is 6.17. The molecule has 1 aliphatic carbocycles. The molecule has 1 aliphatic rings. The fourth-order valence-electron chi connectivity index (χ4n) is 3.04. The molecule has 2 N–H and O–H groups in total. The highest BCUT2D eigenvalue weighted by Crippen LogP contribution is 2.24. The lowest BCUT2D eigenvalue weighted by atomic mass is 9.89. The van der Waals surface area contributed by atoms with Gasteiger partial charge in [-0.3, -0.25) is 20.4 Å². The van der Waals surface area contributed by atoms with Crippen LogP contribution >= 0.6 is 11.8 Å². The van der Waals surface area contributed by atoms with E-state index in [1.165, 1.54) is 23.6 Å². The predicted molar refractivity (Wildman–Crippen MR) is 97.5 cm³/mol. The first kappa shape index (κ1) is 16.8. The summed E-state index contributed by atoms with van der Waals surface area (Å²) in [7, 11) is 0. The highest BCUT2D eigenvalue weighted by Gasteiger charge is 2.21. The number of benzene rings is 2. The third-order valence-electron chi connectivity index (χ3n) is 4.39. The number of amides is 2. The van der Waals surface area contributed by atoms with Gasteiger partial charge in [0, 0.05) is 10.8 Å². The monoisotopic (exact) mass is 342 g/mol. The fourth-order valence-corrected chi connectivity index (χ4v) is 3.78. The quantitative estimate of drug-likeness (QED) is 0.658. The molecule has 0 heterocycles. The minimum atomic E-state index is -0.183. The third kappa shape index (κ3) is 4.51. The van der Waals surface area contributed by atoms with E-state index in [0.29, 0.717) is 0 Å². The van der Waals surface area contributed by atoms with Crippen LogP contribution in [0, 0.1) is 5.92 Å². The van der Waals surface area contributed by atoms with Crippen molar-refractivity contribution < 1.29 is 9.59 Å². The number of hydrazine groups is 1. The topological polar surface area (TPSA) is 58.2 Å². The Morgan fingerprint density at radius 2 is 1.71 bits per heavy atom. The molecule has 2 aromatic carbocycles. The SMILES string of the molecule is O=C(CSc1ccc2ccccc2c1)NNC(=O)C1CCCCC1. The molecule has 0 bridgehead atoms. The second-order valence-corrected chi connectivity index (χ2v) is 7.22. The summed E-state index contributed by atoms with van der Waals surface area (Å²) in [6.45, 7) is 0. The van der Waals surface area contributed by atoms with Crippen LogP contribution in [0.4, 0.5) is 0 Å². The summed E-state index contributed by atoms with van der Waals surface area (Å²) in [4.78, 5) is 25.0. The molecule has 2 amide bonds. The van der Waals surface area contributed by atoms with Crippen molar-refractivity contribution in [3.63, 3.8) is 0 Å². The van der Waals surface area contributed by atoms with Crippen molar-refractivity contribution in [1.82, 2.24) is 10.9 Å². The zero-order chi connectivity index (χ0) is 16.8. The van der Waals surface area contributed by atoms with Crippen molar-refractivity contribution in [2.24, 2.45) is 5.92 Å². The van der Waals surface area contributed by atoms with E-state index < -0.39 is 0 Å². The van der Waals surface area contributed by atoms with Gasteiger partial charge in [0.1, 0.15) is 0 Å². The molecule has 0 aromatic heterocycles. The van der Waals surface area contributed by atoms with E-state index in [9.17, 15) is 9.59 Å². The van der Waals surface area contributed by atoms with Crippen LogP contribution in [-0.2, 0) is 9.59 Å². The van der Waals surface area contributed by atoms with Crippen molar-refractivity contribution in [2.45, 2.75) is 37.0 Å². The van der Waals surface area contributed by atoms with Gasteiger partial charge in [-0.2, -0.15) is 0 Å². The molecule has 1 fully saturated rings. The van der Waals surface area contributed by atoms with Crippen molar-refractivity contribution in [3.8, 4) is 0 Å². The summed E-state index contributed by atoms with van der Waals surface area (Å²) in [5.41, 5.74) is 5.09. The van der Waals surface area contributed by atoms with Crippen LogP contribution in [0.25, 0.3) is 10.8 Å². The van der Waals surface area contributed by atoms with Gasteiger partial charge in [0.2, 0.25) is 11.8 Å². The molecule has 0 atom stereocenters. The van der Waals surface area contributed by atoms with Crippen molar-refractivity contribution in [1.29, 1.82) is 0 Å². The number of carbonyl (C=O) groups excluding carboxylic acids is 2. The number of fused-ring (bicyclic) bond motifs is 1. The lowest BCUT2D eigenvalue weighted by Gasteiger charge is -2.20. The molecule has 0 radical (unpaired) electrons. The molecule has 24 heavy (non-hydrogen) atoms. The average molecular weight is 342 g/mol. The van der Waals surface area contributed by atoms with E-state index in [-0.39, 0.29) is 23.5 Å². The van der Waals surface area contributed by atoms with Gasteiger partial charge in [-0.25, -0.2) is 0 Å². The van der Waals surface area contributed by atoms with Gasteiger partial charge in [-0.15, -0.1) is 11.8 Å². The Kier molecular flexibility index (Phi) is 5.75. The maximum Gasteiger partial charge on any atom is 0.248 e. The molecule has 5 heteroatoms. The Morgan fingerprint density at radius 1 is 0.958 bits per heavy atom.